The number of piperazine rings is 1. The fourth-order valence-corrected chi connectivity index (χ4v) is 8.22. The standard InChI is InChI=1S/C38H39Cl3N4O11S/c1-6-8-51-31-19(4)33-34(56-17-55-33)29-21(31)12-24-30-28-18(3)32(50-5)27(46)11-20(28)10-23(45(30)37(49)52-9-7-2)25(13-42)44(24)26(29)14-53-35(47)22(15-57)43-36(48)54-16-38(39,40)41/h6-7,11-12,22-23,25-26,30,46,57H,1-2,8-10,14-17H2,3-5H3,(H,43,48)/t22-,23-,25?,26-,30-/m0/s1. The zero-order valence-corrected chi connectivity index (χ0v) is 34.2. The van der Waals surface area contributed by atoms with Gasteiger partial charge in [0.2, 0.25) is 10.6 Å². The average Bonchev–Trinajstić information content (AvgIpc) is 3.67. The van der Waals surface area contributed by atoms with Crippen LogP contribution < -0.4 is 24.3 Å². The van der Waals surface area contributed by atoms with Crippen molar-refractivity contribution >= 4 is 71.7 Å². The smallest absolute Gasteiger partial charge is 0.411 e. The lowest BCUT2D eigenvalue weighted by Crippen LogP contribution is -2.64. The number of phenols is 1. The Labute approximate surface area is 348 Å². The number of halogens is 3. The number of thiol groups is 1. The maximum absolute atomic E-state index is 14.1. The van der Waals surface area contributed by atoms with E-state index < -0.39 is 65.4 Å². The van der Waals surface area contributed by atoms with Crippen molar-refractivity contribution < 1.29 is 52.6 Å². The second-order valence-electron chi connectivity index (χ2n) is 13.3. The highest BCUT2D eigenvalue weighted by Gasteiger charge is 2.56. The van der Waals surface area contributed by atoms with Crippen LogP contribution >= 0.6 is 47.4 Å². The van der Waals surface area contributed by atoms with Gasteiger partial charge in [-0.3, -0.25) is 4.90 Å². The molecule has 0 radical (unpaired) electrons. The topological polar surface area (TPSA) is 178 Å². The molecular weight excluding hydrogens is 827 g/mol. The van der Waals surface area contributed by atoms with Gasteiger partial charge in [0.1, 0.15) is 50.3 Å². The summed E-state index contributed by atoms with van der Waals surface area (Å²) in [5.41, 5.74) is 3.94. The number of aromatic hydroxyl groups is 1. The predicted molar refractivity (Wildman–Crippen MR) is 211 cm³/mol. The molecule has 57 heavy (non-hydrogen) atoms. The number of hydrogen-bond donors (Lipinski definition) is 3. The fraction of sp³-hybridized carbons (Fsp3) is 0.421. The van der Waals surface area contributed by atoms with Crippen LogP contribution in [0.1, 0.15) is 45.5 Å². The largest absolute Gasteiger partial charge is 0.504 e. The molecular formula is C38H39Cl3N4O11S. The molecule has 19 heteroatoms. The summed E-state index contributed by atoms with van der Waals surface area (Å²) in [5.74, 6) is 0.168. The zero-order chi connectivity index (χ0) is 41.3. The first-order valence-electron chi connectivity index (χ1n) is 17.5. The molecule has 1 fully saturated rings. The third-order valence-electron chi connectivity index (χ3n) is 9.98. The number of methoxy groups -OCH3 is 1. The Bertz CT molecular complexity index is 2070. The fourth-order valence-electron chi connectivity index (χ4n) is 7.82. The number of alkyl halides is 3. The maximum atomic E-state index is 14.1. The molecule has 2 bridgehead atoms. The third-order valence-corrected chi connectivity index (χ3v) is 10.7. The van der Waals surface area contributed by atoms with Crippen LogP contribution in [-0.4, -0.2) is 101 Å². The Morgan fingerprint density at radius 2 is 1.82 bits per heavy atom. The summed E-state index contributed by atoms with van der Waals surface area (Å²) in [6.07, 6.45) is 3.21. The first-order chi connectivity index (χ1) is 27.2. The lowest BCUT2D eigenvalue weighted by atomic mass is 9.75. The summed E-state index contributed by atoms with van der Waals surface area (Å²) in [5, 5.41) is 24.4. The van der Waals surface area contributed by atoms with Crippen molar-refractivity contribution in [2.45, 2.75) is 54.3 Å². The molecule has 1 saturated heterocycles. The SMILES string of the molecule is C=CCOC(=O)N1[C@H]2C3=Cc4c(OCC=C)c(C)c5c(c4[C@H](COC(=O)[C@H](CS)NC(=O)OCC(Cl)(Cl)Cl)N3C(C#N)[C@@H]1Cc1cc(O)c(OC)c(C)c12)OCO5. The molecule has 1 unspecified atom stereocenters. The number of nitrogens with zero attached hydrogens (tertiary/aromatic N) is 3. The molecule has 304 valence electrons. The summed E-state index contributed by atoms with van der Waals surface area (Å²) in [4.78, 5) is 43.6. The first kappa shape index (κ1) is 41.8. The molecule has 5 atom stereocenters. The van der Waals surface area contributed by atoms with Gasteiger partial charge in [0.15, 0.2) is 23.0 Å². The van der Waals surface area contributed by atoms with E-state index >= 15 is 0 Å². The highest BCUT2D eigenvalue weighted by atomic mass is 35.6. The molecule has 2 amide bonds. The number of ether oxygens (including phenoxy) is 7. The van der Waals surface area contributed by atoms with Gasteiger partial charge in [0, 0.05) is 33.7 Å². The first-order valence-corrected chi connectivity index (χ1v) is 19.3. The third kappa shape index (κ3) is 7.77. The number of nitriles is 1. The molecule has 0 spiro atoms. The van der Waals surface area contributed by atoms with Crippen molar-refractivity contribution in [2.24, 2.45) is 0 Å². The minimum Gasteiger partial charge on any atom is -0.504 e. The number of carbonyl (C=O) groups is 3. The minimum absolute atomic E-state index is 0.0957. The van der Waals surface area contributed by atoms with Crippen molar-refractivity contribution in [3.05, 3.63) is 70.5 Å². The van der Waals surface area contributed by atoms with Gasteiger partial charge in [-0.05, 0) is 43.5 Å². The number of rotatable bonds is 12. The van der Waals surface area contributed by atoms with Gasteiger partial charge in [0.05, 0.1) is 25.3 Å². The van der Waals surface area contributed by atoms with Crippen LogP contribution in [0.2, 0.25) is 0 Å². The Balaban J connectivity index is 1.54. The van der Waals surface area contributed by atoms with Crippen molar-refractivity contribution in [2.75, 3.05) is 46.1 Å². The van der Waals surface area contributed by atoms with Crippen LogP contribution in [0, 0.1) is 25.2 Å². The number of carbonyl (C=O) groups excluding carboxylic acids is 3. The van der Waals surface area contributed by atoms with Crippen LogP contribution in [0.3, 0.4) is 0 Å². The van der Waals surface area contributed by atoms with Gasteiger partial charge in [0.25, 0.3) is 0 Å². The number of nitrogens with one attached hydrogen (secondary N) is 1. The molecule has 0 saturated carbocycles. The summed E-state index contributed by atoms with van der Waals surface area (Å²) in [6, 6.07) is -1.15. The number of amides is 2. The molecule has 4 heterocycles. The van der Waals surface area contributed by atoms with Crippen molar-refractivity contribution in [1.82, 2.24) is 15.1 Å². The molecule has 2 N–H and O–H groups in total. The highest BCUT2D eigenvalue weighted by Crippen LogP contribution is 2.59. The average molecular weight is 866 g/mol. The Hall–Kier alpha value is -4.82. The Kier molecular flexibility index (Phi) is 12.4. The minimum atomic E-state index is -1.89. The van der Waals surface area contributed by atoms with E-state index in [-0.39, 0.29) is 43.7 Å². The van der Waals surface area contributed by atoms with Crippen molar-refractivity contribution in [1.29, 1.82) is 5.26 Å². The number of benzene rings is 2. The van der Waals surface area contributed by atoms with E-state index in [2.05, 4.69) is 37.2 Å². The molecule has 0 aromatic heterocycles. The van der Waals surface area contributed by atoms with Gasteiger partial charge < -0.3 is 48.5 Å². The van der Waals surface area contributed by atoms with E-state index in [0.29, 0.717) is 56.3 Å². The van der Waals surface area contributed by atoms with Crippen LogP contribution in [0.15, 0.2) is 37.1 Å². The molecule has 2 aromatic carbocycles. The van der Waals surface area contributed by atoms with Crippen LogP contribution in [0.5, 0.6) is 28.7 Å². The predicted octanol–water partition coefficient (Wildman–Crippen LogP) is 6.14. The molecule has 4 aliphatic heterocycles. The summed E-state index contributed by atoms with van der Waals surface area (Å²) in [7, 11) is 1.43. The highest BCUT2D eigenvalue weighted by molar-refractivity contribution is 7.80. The van der Waals surface area contributed by atoms with Crippen LogP contribution in [-0.2, 0) is 25.4 Å². The van der Waals surface area contributed by atoms with Crippen molar-refractivity contribution in [3.8, 4) is 34.8 Å². The number of alkyl carbamates (subject to hydrolysis) is 1. The van der Waals surface area contributed by atoms with E-state index in [9.17, 15) is 24.8 Å². The van der Waals surface area contributed by atoms with Gasteiger partial charge in [-0.2, -0.15) is 17.9 Å². The quantitative estimate of drug-likeness (QED) is 0.0729. The van der Waals surface area contributed by atoms with E-state index in [1.54, 1.807) is 30.9 Å². The lowest BCUT2D eigenvalue weighted by molar-refractivity contribution is -0.147. The number of esters is 1. The number of hydrogen-bond acceptors (Lipinski definition) is 14. The van der Waals surface area contributed by atoms with Gasteiger partial charge in [-0.25, -0.2) is 14.4 Å². The van der Waals surface area contributed by atoms with E-state index in [4.69, 9.17) is 68.0 Å². The van der Waals surface area contributed by atoms with Gasteiger partial charge in [-0.15, -0.1) is 0 Å². The molecule has 6 rings (SSSR count). The van der Waals surface area contributed by atoms with Crippen LogP contribution in [0.4, 0.5) is 9.59 Å². The molecule has 0 aliphatic carbocycles. The Morgan fingerprint density at radius 1 is 1.11 bits per heavy atom. The lowest BCUT2D eigenvalue weighted by Gasteiger charge is -2.57. The van der Waals surface area contributed by atoms with Gasteiger partial charge in [-0.1, -0.05) is 60.1 Å². The molecule has 4 aliphatic rings. The summed E-state index contributed by atoms with van der Waals surface area (Å²) >= 11 is 21.3. The molecule has 2 aromatic rings. The maximum Gasteiger partial charge on any atom is 0.411 e. The summed E-state index contributed by atoms with van der Waals surface area (Å²) in [6.45, 7) is 9.95. The number of fused-ring (bicyclic) bond motifs is 9. The van der Waals surface area contributed by atoms with Gasteiger partial charge >= 0.3 is 18.2 Å². The second kappa shape index (κ2) is 17.0. The van der Waals surface area contributed by atoms with E-state index in [0.717, 1.165) is 0 Å². The van der Waals surface area contributed by atoms with Crippen molar-refractivity contribution in [3.63, 3.8) is 0 Å². The van der Waals surface area contributed by atoms with E-state index in [1.165, 1.54) is 18.1 Å². The molecule has 15 nitrogen and oxygen atoms in total. The van der Waals surface area contributed by atoms with E-state index in [1.807, 2.05) is 6.08 Å². The number of phenolic OH excluding ortho intramolecular Hbond substituents is 1. The Morgan fingerprint density at radius 3 is 2.47 bits per heavy atom. The normalized spacial score (nSPS) is 20.4. The summed E-state index contributed by atoms with van der Waals surface area (Å²) < 4.78 is 38.5. The second-order valence-corrected chi connectivity index (χ2v) is 16.2. The zero-order valence-electron chi connectivity index (χ0n) is 31.0. The monoisotopic (exact) mass is 864 g/mol. The van der Waals surface area contributed by atoms with Crippen LogP contribution in [0.25, 0.3) is 6.08 Å².